The minimum atomic E-state index is 0.537. The first-order chi connectivity index (χ1) is 8.20. The van der Waals surface area contributed by atoms with Crippen molar-refractivity contribution in [2.45, 2.75) is 6.42 Å². The lowest BCUT2D eigenvalue weighted by Crippen LogP contribution is -2.10. The predicted molar refractivity (Wildman–Crippen MR) is 72.8 cm³/mol. The number of likely N-dealkylation sites (N-methyl/N-ethyl adjacent to an activating group) is 1. The van der Waals surface area contributed by atoms with Gasteiger partial charge < -0.3 is 9.84 Å². The summed E-state index contributed by atoms with van der Waals surface area (Å²) in [6.07, 6.45) is 0.758. The molecule has 0 saturated heterocycles. The summed E-state index contributed by atoms with van der Waals surface area (Å²) in [6, 6.07) is 5.83. The molecule has 0 amide bonds. The Balaban J connectivity index is 2.24. The minimum Gasteiger partial charge on any atom is -0.334 e. The summed E-state index contributed by atoms with van der Waals surface area (Å²) >= 11 is 6.88. The van der Waals surface area contributed by atoms with Gasteiger partial charge >= 0.3 is 0 Å². The highest BCUT2D eigenvalue weighted by Crippen LogP contribution is 2.29. The van der Waals surface area contributed by atoms with Crippen LogP contribution in [0.2, 0.25) is 0 Å². The van der Waals surface area contributed by atoms with Crippen LogP contribution in [0.15, 0.2) is 31.7 Å². The Labute approximate surface area is 116 Å². The van der Waals surface area contributed by atoms with Gasteiger partial charge in [-0.1, -0.05) is 21.1 Å². The van der Waals surface area contributed by atoms with Crippen LogP contribution in [0.5, 0.6) is 0 Å². The Bertz CT molecular complexity index is 513. The fraction of sp³-hybridized carbons (Fsp3) is 0.273. The monoisotopic (exact) mass is 359 g/mol. The number of halogens is 2. The highest BCUT2D eigenvalue weighted by Gasteiger charge is 2.11. The number of aromatic nitrogens is 2. The van der Waals surface area contributed by atoms with Gasteiger partial charge in [0.05, 0.1) is 5.56 Å². The highest BCUT2D eigenvalue weighted by atomic mass is 79.9. The van der Waals surface area contributed by atoms with Crippen LogP contribution >= 0.6 is 31.9 Å². The third-order valence-electron chi connectivity index (χ3n) is 2.23. The molecule has 0 saturated carbocycles. The molecular weight excluding hydrogens is 350 g/mol. The first-order valence-corrected chi connectivity index (χ1v) is 6.72. The normalized spacial score (nSPS) is 10.8. The van der Waals surface area contributed by atoms with Gasteiger partial charge in [0, 0.05) is 21.9 Å². The van der Waals surface area contributed by atoms with Gasteiger partial charge in [-0.25, -0.2) is 0 Å². The van der Waals surface area contributed by atoms with E-state index in [0.717, 1.165) is 27.5 Å². The highest BCUT2D eigenvalue weighted by molar-refractivity contribution is 9.11. The SMILES string of the molecule is CNCCc1noc(-c2ccc(Br)cc2Br)n1. The lowest BCUT2D eigenvalue weighted by Gasteiger charge is -1.98. The molecule has 0 spiro atoms. The molecule has 0 fully saturated rings. The first-order valence-electron chi connectivity index (χ1n) is 5.13. The zero-order valence-electron chi connectivity index (χ0n) is 9.20. The van der Waals surface area contributed by atoms with Crippen molar-refractivity contribution in [1.29, 1.82) is 0 Å². The van der Waals surface area contributed by atoms with E-state index >= 15 is 0 Å². The second-order valence-electron chi connectivity index (χ2n) is 3.49. The number of rotatable bonds is 4. The molecule has 90 valence electrons. The summed E-state index contributed by atoms with van der Waals surface area (Å²) in [4.78, 5) is 4.35. The van der Waals surface area contributed by atoms with Crippen molar-refractivity contribution in [3.63, 3.8) is 0 Å². The van der Waals surface area contributed by atoms with Crippen molar-refractivity contribution >= 4 is 31.9 Å². The van der Waals surface area contributed by atoms with Gasteiger partial charge in [-0.15, -0.1) is 0 Å². The third kappa shape index (κ3) is 3.14. The fourth-order valence-electron chi connectivity index (χ4n) is 1.36. The van der Waals surface area contributed by atoms with Crippen LogP contribution in [-0.4, -0.2) is 23.7 Å². The van der Waals surface area contributed by atoms with Crippen molar-refractivity contribution in [1.82, 2.24) is 15.5 Å². The van der Waals surface area contributed by atoms with Crippen LogP contribution in [0, 0.1) is 0 Å². The van der Waals surface area contributed by atoms with E-state index in [2.05, 4.69) is 47.3 Å². The molecule has 4 nitrogen and oxygen atoms in total. The van der Waals surface area contributed by atoms with Gasteiger partial charge in [-0.05, 0) is 41.2 Å². The Morgan fingerprint density at radius 1 is 1.35 bits per heavy atom. The number of nitrogens with one attached hydrogen (secondary N) is 1. The van der Waals surface area contributed by atoms with Gasteiger partial charge in [-0.3, -0.25) is 0 Å². The summed E-state index contributed by atoms with van der Waals surface area (Å²) in [5.74, 6) is 1.25. The second-order valence-corrected chi connectivity index (χ2v) is 5.26. The second kappa shape index (κ2) is 5.75. The molecule has 1 N–H and O–H groups in total. The predicted octanol–water partition coefficient (Wildman–Crippen LogP) is 3.02. The Morgan fingerprint density at radius 3 is 2.88 bits per heavy atom. The maximum Gasteiger partial charge on any atom is 0.259 e. The van der Waals surface area contributed by atoms with Gasteiger partial charge in [0.1, 0.15) is 0 Å². The zero-order chi connectivity index (χ0) is 12.3. The van der Waals surface area contributed by atoms with Gasteiger partial charge in [-0.2, -0.15) is 4.98 Å². The van der Waals surface area contributed by atoms with E-state index in [1.165, 1.54) is 0 Å². The minimum absolute atomic E-state index is 0.537. The Kier molecular flexibility index (Phi) is 4.31. The first kappa shape index (κ1) is 12.7. The summed E-state index contributed by atoms with van der Waals surface area (Å²) < 4.78 is 7.16. The van der Waals surface area contributed by atoms with E-state index in [4.69, 9.17) is 4.52 Å². The van der Waals surface area contributed by atoms with E-state index < -0.39 is 0 Å². The van der Waals surface area contributed by atoms with Crippen LogP contribution in [-0.2, 0) is 6.42 Å². The van der Waals surface area contributed by atoms with Crippen molar-refractivity contribution < 1.29 is 4.52 Å². The van der Waals surface area contributed by atoms with E-state index in [-0.39, 0.29) is 0 Å². The van der Waals surface area contributed by atoms with E-state index in [1.54, 1.807) is 0 Å². The molecule has 0 bridgehead atoms. The van der Waals surface area contributed by atoms with Crippen molar-refractivity contribution in [3.8, 4) is 11.5 Å². The molecular formula is C11H11Br2N3O. The van der Waals surface area contributed by atoms with Gasteiger partial charge in [0.25, 0.3) is 5.89 Å². The van der Waals surface area contributed by atoms with Crippen LogP contribution in [0.1, 0.15) is 5.82 Å². The standard InChI is InChI=1S/C11H11Br2N3O/c1-14-5-4-10-15-11(17-16-10)8-3-2-7(12)6-9(8)13/h2-3,6,14H,4-5H2,1H3. The topological polar surface area (TPSA) is 51.0 Å². The van der Waals surface area contributed by atoms with E-state index in [0.29, 0.717) is 11.7 Å². The van der Waals surface area contributed by atoms with Gasteiger partial charge in [0.15, 0.2) is 5.82 Å². The number of nitrogens with zero attached hydrogens (tertiary/aromatic N) is 2. The number of hydrogen-bond acceptors (Lipinski definition) is 4. The Hall–Kier alpha value is -0.720. The molecule has 0 atom stereocenters. The van der Waals surface area contributed by atoms with Crippen LogP contribution < -0.4 is 5.32 Å². The fourth-order valence-corrected chi connectivity index (χ4v) is 2.58. The quantitative estimate of drug-likeness (QED) is 0.910. The van der Waals surface area contributed by atoms with Crippen LogP contribution in [0.4, 0.5) is 0 Å². The van der Waals surface area contributed by atoms with Crippen molar-refractivity contribution in [2.24, 2.45) is 0 Å². The number of benzene rings is 1. The number of hydrogen-bond donors (Lipinski definition) is 1. The molecule has 0 aliphatic rings. The van der Waals surface area contributed by atoms with Crippen molar-refractivity contribution in [2.75, 3.05) is 13.6 Å². The lowest BCUT2D eigenvalue weighted by molar-refractivity contribution is 0.422. The smallest absolute Gasteiger partial charge is 0.259 e. The lowest BCUT2D eigenvalue weighted by atomic mass is 10.2. The molecule has 0 radical (unpaired) electrons. The molecule has 1 aromatic carbocycles. The largest absolute Gasteiger partial charge is 0.334 e. The third-order valence-corrected chi connectivity index (χ3v) is 3.38. The molecule has 1 aromatic heterocycles. The molecule has 2 rings (SSSR count). The summed E-state index contributed by atoms with van der Waals surface area (Å²) in [7, 11) is 1.90. The Morgan fingerprint density at radius 2 is 2.18 bits per heavy atom. The molecule has 2 aromatic rings. The van der Waals surface area contributed by atoms with Gasteiger partial charge in [0.2, 0.25) is 0 Å². The average Bonchev–Trinajstić information content (AvgIpc) is 2.75. The summed E-state index contributed by atoms with van der Waals surface area (Å²) in [5, 5.41) is 6.98. The van der Waals surface area contributed by atoms with E-state index in [1.807, 2.05) is 25.2 Å². The maximum atomic E-state index is 5.23. The molecule has 0 aliphatic carbocycles. The molecule has 0 aliphatic heterocycles. The molecule has 6 heteroatoms. The molecule has 1 heterocycles. The molecule has 0 unspecified atom stereocenters. The van der Waals surface area contributed by atoms with E-state index in [9.17, 15) is 0 Å². The van der Waals surface area contributed by atoms with Crippen LogP contribution in [0.25, 0.3) is 11.5 Å². The zero-order valence-corrected chi connectivity index (χ0v) is 12.4. The van der Waals surface area contributed by atoms with Crippen molar-refractivity contribution in [3.05, 3.63) is 33.0 Å². The molecule has 17 heavy (non-hydrogen) atoms. The summed E-state index contributed by atoms with van der Waals surface area (Å²) in [5.41, 5.74) is 0.899. The average molecular weight is 361 g/mol. The van der Waals surface area contributed by atoms with Crippen LogP contribution in [0.3, 0.4) is 0 Å². The summed E-state index contributed by atoms with van der Waals surface area (Å²) in [6.45, 7) is 0.834. The maximum absolute atomic E-state index is 5.23.